The minimum absolute atomic E-state index is 0.145. The van der Waals surface area contributed by atoms with Crippen molar-refractivity contribution in [3.63, 3.8) is 0 Å². The van der Waals surface area contributed by atoms with Crippen molar-refractivity contribution in [2.75, 3.05) is 11.9 Å². The molecule has 2 nitrogen and oxygen atoms in total. The average molecular weight is 315 g/mol. The second-order valence-electron chi connectivity index (χ2n) is 4.41. The van der Waals surface area contributed by atoms with Gasteiger partial charge in [0, 0.05) is 16.7 Å². The van der Waals surface area contributed by atoms with Crippen LogP contribution in [0.5, 0.6) is 0 Å². The van der Waals surface area contributed by atoms with E-state index in [4.69, 9.17) is 0 Å². The van der Waals surface area contributed by atoms with E-state index in [0.717, 1.165) is 15.7 Å². The molecule has 0 heterocycles. The number of hydrogen-bond acceptors (Lipinski definition) is 2. The van der Waals surface area contributed by atoms with Crippen molar-refractivity contribution >= 4 is 21.6 Å². The number of benzene rings is 2. The maximum atomic E-state index is 9.28. The van der Waals surface area contributed by atoms with Gasteiger partial charge in [-0.1, -0.05) is 42.5 Å². The van der Waals surface area contributed by atoms with Crippen molar-refractivity contribution < 1.29 is 0 Å². The average Bonchev–Trinajstić information content (AvgIpc) is 2.45. The number of aryl methyl sites for hydroxylation is 1. The van der Waals surface area contributed by atoms with Gasteiger partial charge in [0.1, 0.15) is 0 Å². The number of rotatable bonds is 4. The van der Waals surface area contributed by atoms with Crippen LogP contribution in [0.4, 0.5) is 5.69 Å². The third-order valence-electron chi connectivity index (χ3n) is 3.05. The second kappa shape index (κ2) is 6.40. The highest BCUT2D eigenvalue weighted by atomic mass is 79.9. The van der Waals surface area contributed by atoms with Crippen molar-refractivity contribution in [3.8, 4) is 6.07 Å². The van der Waals surface area contributed by atoms with E-state index >= 15 is 0 Å². The van der Waals surface area contributed by atoms with Crippen molar-refractivity contribution in [1.82, 2.24) is 0 Å². The van der Waals surface area contributed by atoms with Gasteiger partial charge in [-0.2, -0.15) is 5.26 Å². The Morgan fingerprint density at radius 3 is 2.58 bits per heavy atom. The third-order valence-corrected chi connectivity index (χ3v) is 4.10. The maximum Gasteiger partial charge on any atom is 0.0885 e. The quantitative estimate of drug-likeness (QED) is 0.903. The molecule has 0 radical (unpaired) electrons. The molecule has 2 aromatic carbocycles. The van der Waals surface area contributed by atoms with Gasteiger partial charge in [-0.3, -0.25) is 0 Å². The van der Waals surface area contributed by atoms with Crippen molar-refractivity contribution in [2.45, 2.75) is 12.8 Å². The Bertz CT molecular complexity index is 587. The smallest absolute Gasteiger partial charge is 0.0885 e. The van der Waals surface area contributed by atoms with Crippen LogP contribution in [0.1, 0.15) is 17.0 Å². The SMILES string of the molecule is Cc1cccc(NCC(C#N)c2ccccc2)c1Br. The van der Waals surface area contributed by atoms with E-state index < -0.39 is 0 Å². The van der Waals surface area contributed by atoms with E-state index in [1.807, 2.05) is 55.5 Å². The Hall–Kier alpha value is -1.79. The molecular weight excluding hydrogens is 300 g/mol. The molecule has 0 bridgehead atoms. The van der Waals surface area contributed by atoms with E-state index in [2.05, 4.69) is 27.3 Å². The molecule has 2 rings (SSSR count). The molecule has 0 aliphatic rings. The lowest BCUT2D eigenvalue weighted by molar-refractivity contribution is 0.900. The standard InChI is InChI=1S/C16H15BrN2/c1-12-6-5-9-15(16(12)17)19-11-14(10-18)13-7-3-2-4-8-13/h2-9,14,19H,11H2,1H3. The van der Waals surface area contributed by atoms with Gasteiger partial charge in [0.2, 0.25) is 0 Å². The predicted octanol–water partition coefficient (Wildman–Crippen LogP) is 4.48. The van der Waals surface area contributed by atoms with Crippen LogP contribution in [0.3, 0.4) is 0 Å². The first-order chi connectivity index (χ1) is 9.22. The molecule has 0 saturated carbocycles. The minimum atomic E-state index is -0.145. The Morgan fingerprint density at radius 2 is 1.89 bits per heavy atom. The molecule has 96 valence electrons. The van der Waals surface area contributed by atoms with Crippen LogP contribution in [0.25, 0.3) is 0 Å². The first-order valence-corrected chi connectivity index (χ1v) is 6.95. The molecular formula is C16H15BrN2. The fraction of sp³-hybridized carbons (Fsp3) is 0.188. The zero-order chi connectivity index (χ0) is 13.7. The number of nitrogens with zero attached hydrogens (tertiary/aromatic N) is 1. The monoisotopic (exact) mass is 314 g/mol. The summed E-state index contributed by atoms with van der Waals surface area (Å²) < 4.78 is 1.06. The number of nitrogens with one attached hydrogen (secondary N) is 1. The van der Waals surface area contributed by atoms with Gasteiger partial charge in [-0.25, -0.2) is 0 Å². The summed E-state index contributed by atoms with van der Waals surface area (Å²) in [6, 6.07) is 18.3. The van der Waals surface area contributed by atoms with E-state index in [9.17, 15) is 5.26 Å². The molecule has 0 spiro atoms. The largest absolute Gasteiger partial charge is 0.382 e. The molecule has 0 aliphatic heterocycles. The van der Waals surface area contributed by atoms with Crippen molar-refractivity contribution in [2.24, 2.45) is 0 Å². The molecule has 0 aromatic heterocycles. The molecule has 0 aliphatic carbocycles. The van der Waals surface area contributed by atoms with Crippen LogP contribution in [-0.4, -0.2) is 6.54 Å². The zero-order valence-corrected chi connectivity index (χ0v) is 12.3. The first-order valence-electron chi connectivity index (χ1n) is 6.16. The molecule has 1 N–H and O–H groups in total. The van der Waals surface area contributed by atoms with Crippen LogP contribution in [0.2, 0.25) is 0 Å². The highest BCUT2D eigenvalue weighted by Gasteiger charge is 2.10. The minimum Gasteiger partial charge on any atom is -0.382 e. The summed E-state index contributed by atoms with van der Waals surface area (Å²) in [5.74, 6) is -0.145. The Kier molecular flexibility index (Phi) is 4.59. The van der Waals surface area contributed by atoms with Gasteiger partial charge >= 0.3 is 0 Å². The maximum absolute atomic E-state index is 9.28. The molecule has 2 aromatic rings. The van der Waals surface area contributed by atoms with Crippen LogP contribution in [0, 0.1) is 18.3 Å². The van der Waals surface area contributed by atoms with Gasteiger partial charge in [0.15, 0.2) is 0 Å². The van der Waals surface area contributed by atoms with E-state index in [0.29, 0.717) is 6.54 Å². The van der Waals surface area contributed by atoms with E-state index in [-0.39, 0.29) is 5.92 Å². The summed E-state index contributed by atoms with van der Waals surface area (Å²) in [6.07, 6.45) is 0. The highest BCUT2D eigenvalue weighted by molar-refractivity contribution is 9.10. The fourth-order valence-corrected chi connectivity index (χ4v) is 2.32. The summed E-state index contributed by atoms with van der Waals surface area (Å²) in [7, 11) is 0. The van der Waals surface area contributed by atoms with E-state index in [1.165, 1.54) is 5.56 Å². The lowest BCUT2D eigenvalue weighted by atomic mass is 10.0. The third kappa shape index (κ3) is 3.36. The zero-order valence-electron chi connectivity index (χ0n) is 10.7. The number of halogens is 1. The van der Waals surface area contributed by atoms with Gasteiger partial charge in [0.05, 0.1) is 12.0 Å². The van der Waals surface area contributed by atoms with Crippen LogP contribution < -0.4 is 5.32 Å². The highest BCUT2D eigenvalue weighted by Crippen LogP contribution is 2.26. The lowest BCUT2D eigenvalue weighted by Crippen LogP contribution is -2.11. The topological polar surface area (TPSA) is 35.8 Å². The normalized spacial score (nSPS) is 11.6. The van der Waals surface area contributed by atoms with Gasteiger partial charge in [-0.05, 0) is 40.0 Å². The molecule has 0 fully saturated rings. The van der Waals surface area contributed by atoms with Crippen LogP contribution in [-0.2, 0) is 0 Å². The number of hydrogen-bond donors (Lipinski definition) is 1. The summed E-state index contributed by atoms with van der Waals surface area (Å²) in [5, 5.41) is 12.6. The lowest BCUT2D eigenvalue weighted by Gasteiger charge is -2.14. The summed E-state index contributed by atoms with van der Waals surface area (Å²) in [5.41, 5.74) is 3.25. The number of nitriles is 1. The molecule has 0 saturated heterocycles. The first kappa shape index (κ1) is 13.6. The summed E-state index contributed by atoms with van der Waals surface area (Å²) in [6.45, 7) is 2.65. The van der Waals surface area contributed by atoms with Crippen molar-refractivity contribution in [1.29, 1.82) is 5.26 Å². The molecule has 1 atom stereocenters. The molecule has 3 heteroatoms. The van der Waals surface area contributed by atoms with Gasteiger partial charge in [-0.15, -0.1) is 0 Å². The van der Waals surface area contributed by atoms with Crippen LogP contribution >= 0.6 is 15.9 Å². The van der Waals surface area contributed by atoms with Gasteiger partial charge < -0.3 is 5.32 Å². The fourth-order valence-electron chi connectivity index (χ4n) is 1.92. The Labute approximate surface area is 122 Å². The molecule has 0 amide bonds. The molecule has 1 unspecified atom stereocenters. The Balaban J connectivity index is 2.09. The second-order valence-corrected chi connectivity index (χ2v) is 5.20. The van der Waals surface area contributed by atoms with Gasteiger partial charge in [0.25, 0.3) is 0 Å². The van der Waals surface area contributed by atoms with Crippen LogP contribution in [0.15, 0.2) is 53.0 Å². The number of anilines is 1. The Morgan fingerprint density at radius 1 is 1.16 bits per heavy atom. The summed E-state index contributed by atoms with van der Waals surface area (Å²) in [4.78, 5) is 0. The van der Waals surface area contributed by atoms with E-state index in [1.54, 1.807) is 0 Å². The van der Waals surface area contributed by atoms with Crippen molar-refractivity contribution in [3.05, 3.63) is 64.1 Å². The molecule has 19 heavy (non-hydrogen) atoms. The predicted molar refractivity (Wildman–Crippen MR) is 82.2 cm³/mol. The summed E-state index contributed by atoms with van der Waals surface area (Å²) >= 11 is 3.56.